The summed E-state index contributed by atoms with van der Waals surface area (Å²) < 4.78 is 0.326. The second-order valence-electron chi connectivity index (χ2n) is 7.81. The first-order chi connectivity index (χ1) is 9.59. The van der Waals surface area contributed by atoms with Crippen molar-refractivity contribution in [3.8, 4) is 0 Å². The van der Waals surface area contributed by atoms with Crippen LogP contribution in [0, 0.1) is 11.8 Å². The number of thiol groups is 1. The van der Waals surface area contributed by atoms with Crippen molar-refractivity contribution in [3.05, 3.63) is 11.6 Å². The Balaban J connectivity index is 1.63. The van der Waals surface area contributed by atoms with E-state index in [0.29, 0.717) is 10.5 Å². The van der Waals surface area contributed by atoms with Gasteiger partial charge in [-0.3, -0.25) is 4.79 Å². The van der Waals surface area contributed by atoms with Crippen molar-refractivity contribution in [3.63, 3.8) is 0 Å². The maximum absolute atomic E-state index is 11.7. The minimum absolute atomic E-state index is 0.326. The van der Waals surface area contributed by atoms with Crippen LogP contribution in [0.3, 0.4) is 0 Å². The first-order valence-corrected chi connectivity index (χ1v) is 9.00. The quantitative estimate of drug-likeness (QED) is 0.515. The lowest BCUT2D eigenvalue weighted by Gasteiger charge is -2.51. The Bertz CT molecular complexity index is 474. The lowest BCUT2D eigenvalue weighted by Crippen LogP contribution is -2.48. The molecule has 3 fully saturated rings. The molecule has 2 saturated heterocycles. The van der Waals surface area contributed by atoms with Crippen LogP contribution < -0.4 is 0 Å². The molecule has 1 saturated carbocycles. The molecule has 2 heterocycles. The fraction of sp³-hybridized carbons (Fsp3) is 0.824. The lowest BCUT2D eigenvalue weighted by atomic mass is 9.23. The van der Waals surface area contributed by atoms with Gasteiger partial charge in [-0.15, -0.1) is 0 Å². The van der Waals surface area contributed by atoms with Crippen LogP contribution in [0.4, 0.5) is 0 Å². The molecule has 4 rings (SSSR count). The second kappa shape index (κ2) is 4.66. The molecule has 108 valence electrons. The Morgan fingerprint density at radius 1 is 1.25 bits per heavy atom. The van der Waals surface area contributed by atoms with Crippen LogP contribution in [-0.4, -0.2) is 17.2 Å². The Morgan fingerprint density at radius 2 is 2.10 bits per heavy atom. The van der Waals surface area contributed by atoms with E-state index in [1.165, 1.54) is 44.0 Å². The zero-order valence-electron chi connectivity index (χ0n) is 12.5. The van der Waals surface area contributed by atoms with E-state index in [0.717, 1.165) is 43.0 Å². The van der Waals surface area contributed by atoms with Gasteiger partial charge in [0.15, 0.2) is 5.78 Å². The zero-order valence-corrected chi connectivity index (χ0v) is 13.4. The van der Waals surface area contributed by atoms with Gasteiger partial charge in [0.05, 0.1) is 0 Å². The molecule has 0 spiro atoms. The van der Waals surface area contributed by atoms with Crippen LogP contribution in [0.5, 0.6) is 0 Å². The van der Waals surface area contributed by atoms with E-state index < -0.39 is 0 Å². The Labute approximate surface area is 128 Å². The van der Waals surface area contributed by atoms with Crippen molar-refractivity contribution in [1.82, 2.24) is 0 Å². The highest BCUT2D eigenvalue weighted by Gasteiger charge is 2.56. The van der Waals surface area contributed by atoms with Gasteiger partial charge in [-0.05, 0) is 49.4 Å². The topological polar surface area (TPSA) is 17.1 Å². The normalized spacial score (nSPS) is 47.4. The average Bonchev–Trinajstić information content (AvgIpc) is 2.74. The number of fused-ring (bicyclic) bond motifs is 5. The van der Waals surface area contributed by atoms with E-state index in [1.54, 1.807) is 0 Å². The van der Waals surface area contributed by atoms with Crippen LogP contribution in [-0.2, 0) is 4.79 Å². The van der Waals surface area contributed by atoms with E-state index in [1.807, 2.05) is 6.08 Å². The van der Waals surface area contributed by atoms with Crippen molar-refractivity contribution in [2.45, 2.75) is 74.6 Å². The van der Waals surface area contributed by atoms with E-state index >= 15 is 0 Å². The van der Waals surface area contributed by atoms with Gasteiger partial charge in [0.1, 0.15) is 6.71 Å². The molecule has 0 aromatic rings. The van der Waals surface area contributed by atoms with E-state index in [9.17, 15) is 4.79 Å². The summed E-state index contributed by atoms with van der Waals surface area (Å²) in [5, 5.41) is 0. The SMILES string of the molecule is CC1CCC2B3CCC4=CC(=O)CCC4C3CCC12S. The van der Waals surface area contributed by atoms with Gasteiger partial charge in [0.2, 0.25) is 0 Å². The van der Waals surface area contributed by atoms with Crippen molar-refractivity contribution >= 4 is 25.1 Å². The van der Waals surface area contributed by atoms with Crippen molar-refractivity contribution in [2.75, 3.05) is 0 Å². The molecule has 4 aliphatic rings. The first kappa shape index (κ1) is 13.5. The van der Waals surface area contributed by atoms with Gasteiger partial charge in [0, 0.05) is 11.2 Å². The van der Waals surface area contributed by atoms with Crippen LogP contribution in [0.25, 0.3) is 0 Å². The summed E-state index contributed by atoms with van der Waals surface area (Å²) in [6.45, 7) is 3.31. The Kier molecular flexibility index (Phi) is 3.14. The number of hydrogen-bond acceptors (Lipinski definition) is 2. The van der Waals surface area contributed by atoms with Gasteiger partial charge in [-0.1, -0.05) is 37.5 Å². The molecule has 0 bridgehead atoms. The van der Waals surface area contributed by atoms with Crippen LogP contribution in [0.15, 0.2) is 11.6 Å². The van der Waals surface area contributed by atoms with Gasteiger partial charge in [0.25, 0.3) is 0 Å². The molecule has 0 radical (unpaired) electrons. The van der Waals surface area contributed by atoms with Crippen LogP contribution in [0.2, 0.25) is 18.0 Å². The summed E-state index contributed by atoms with van der Waals surface area (Å²) >= 11 is 5.18. The van der Waals surface area contributed by atoms with E-state index in [-0.39, 0.29) is 0 Å². The largest absolute Gasteiger partial charge is 0.295 e. The minimum Gasteiger partial charge on any atom is -0.295 e. The van der Waals surface area contributed by atoms with Crippen molar-refractivity contribution in [2.24, 2.45) is 11.8 Å². The van der Waals surface area contributed by atoms with Gasteiger partial charge < -0.3 is 0 Å². The van der Waals surface area contributed by atoms with Gasteiger partial charge >= 0.3 is 0 Å². The molecule has 2 aliphatic heterocycles. The monoisotopic (exact) mass is 288 g/mol. The molecular weight excluding hydrogens is 263 g/mol. The maximum Gasteiger partial charge on any atom is 0.155 e. The molecule has 2 aliphatic carbocycles. The summed E-state index contributed by atoms with van der Waals surface area (Å²) in [4.78, 5) is 11.7. The number of rotatable bonds is 0. The smallest absolute Gasteiger partial charge is 0.155 e. The first-order valence-electron chi connectivity index (χ1n) is 8.55. The number of carbonyl (C=O) groups excluding carboxylic acids is 1. The molecule has 0 aromatic carbocycles. The third kappa shape index (κ3) is 1.81. The standard InChI is InChI=1S/C17H25BOS/c1-11-2-5-16-17(11,20)8-6-15-14-4-3-13(19)10-12(14)7-9-18(15)16/h10-11,14-16,20H,2-9H2,1H3. The minimum atomic E-state index is 0.326. The van der Waals surface area contributed by atoms with Crippen molar-refractivity contribution in [1.29, 1.82) is 0 Å². The Hall–Kier alpha value is -0.175. The maximum atomic E-state index is 11.7. The molecule has 0 aromatic heterocycles. The molecule has 0 amide bonds. The fourth-order valence-electron chi connectivity index (χ4n) is 6.09. The second-order valence-corrected chi connectivity index (χ2v) is 8.64. The summed E-state index contributed by atoms with van der Waals surface area (Å²) in [6.07, 6.45) is 11.9. The highest BCUT2D eigenvalue weighted by Crippen LogP contribution is 2.63. The predicted octanol–water partition coefficient (Wildman–Crippen LogP) is 4.42. The molecule has 5 atom stereocenters. The summed E-state index contributed by atoms with van der Waals surface area (Å²) in [5.74, 6) is 3.61. The Morgan fingerprint density at radius 3 is 2.95 bits per heavy atom. The number of carbonyl (C=O) groups is 1. The highest BCUT2D eigenvalue weighted by atomic mass is 32.1. The van der Waals surface area contributed by atoms with Crippen molar-refractivity contribution < 1.29 is 4.79 Å². The van der Waals surface area contributed by atoms with Crippen LogP contribution in [0.1, 0.15) is 51.9 Å². The van der Waals surface area contributed by atoms with E-state index in [4.69, 9.17) is 12.6 Å². The fourth-order valence-corrected chi connectivity index (χ4v) is 6.66. The van der Waals surface area contributed by atoms with Gasteiger partial charge in [-0.2, -0.15) is 12.6 Å². The molecule has 1 nitrogen and oxygen atoms in total. The molecule has 5 unspecified atom stereocenters. The zero-order chi connectivity index (χ0) is 13.9. The number of hydrogen-bond donors (Lipinski definition) is 1. The third-order valence-electron chi connectivity index (χ3n) is 7.16. The third-order valence-corrected chi connectivity index (χ3v) is 8.15. The molecule has 20 heavy (non-hydrogen) atoms. The lowest BCUT2D eigenvalue weighted by molar-refractivity contribution is -0.115. The van der Waals surface area contributed by atoms with E-state index in [2.05, 4.69) is 6.92 Å². The average molecular weight is 288 g/mol. The van der Waals surface area contributed by atoms with Gasteiger partial charge in [-0.25, -0.2) is 0 Å². The molecule has 0 N–H and O–H groups in total. The molecule has 3 heteroatoms. The summed E-state index contributed by atoms with van der Waals surface area (Å²) in [5.41, 5.74) is 1.50. The molecular formula is C17H25BOS. The van der Waals surface area contributed by atoms with Crippen LogP contribution >= 0.6 is 12.6 Å². The summed E-state index contributed by atoms with van der Waals surface area (Å²) in [6, 6.07) is 0. The predicted molar refractivity (Wildman–Crippen MR) is 87.8 cm³/mol. The number of allylic oxidation sites excluding steroid dienone is 2. The summed E-state index contributed by atoms with van der Waals surface area (Å²) in [7, 11) is 0. The number of ketones is 1. The highest BCUT2D eigenvalue weighted by molar-refractivity contribution is 7.82.